The minimum absolute atomic E-state index is 0.0569. The zero-order valence-corrected chi connectivity index (χ0v) is 23.3. The molecule has 1 aromatic heterocycles. The van der Waals surface area contributed by atoms with Crippen LogP contribution in [0, 0.1) is 0 Å². The number of hydrogen-bond donors (Lipinski definition) is 1. The highest BCUT2D eigenvalue weighted by atomic mass is 16.5. The van der Waals surface area contributed by atoms with Crippen LogP contribution in [0.3, 0.4) is 0 Å². The van der Waals surface area contributed by atoms with Gasteiger partial charge >= 0.3 is 0 Å². The Balaban J connectivity index is 1.27. The lowest BCUT2D eigenvalue weighted by molar-refractivity contribution is 0.00125. The van der Waals surface area contributed by atoms with Crippen LogP contribution in [0.2, 0.25) is 0 Å². The van der Waals surface area contributed by atoms with Crippen molar-refractivity contribution in [3.63, 3.8) is 0 Å². The fourth-order valence-corrected chi connectivity index (χ4v) is 5.73. The van der Waals surface area contributed by atoms with Gasteiger partial charge in [-0.1, -0.05) is 18.2 Å². The van der Waals surface area contributed by atoms with E-state index in [1.54, 1.807) is 26.9 Å². The lowest BCUT2D eigenvalue weighted by atomic mass is 9.82. The monoisotopic (exact) mass is 535 g/mol. The maximum Gasteiger partial charge on any atom is 0.142 e. The molecule has 0 bridgehead atoms. The predicted molar refractivity (Wildman–Crippen MR) is 151 cm³/mol. The average Bonchev–Trinajstić information content (AvgIpc) is 3.52. The Morgan fingerprint density at radius 2 is 2.03 bits per heavy atom. The SMILES string of the molecule is COCCCN1CCOc2ccc(CO[C@H]3CN[C@@H](C[C@@H](C)n4cncn4)C[C@@H]3c3ccc(OC)cc3)cc21. The summed E-state index contributed by atoms with van der Waals surface area (Å²) >= 11 is 0. The minimum Gasteiger partial charge on any atom is -0.497 e. The van der Waals surface area contributed by atoms with E-state index in [1.807, 2.05) is 16.8 Å². The van der Waals surface area contributed by atoms with Crippen molar-refractivity contribution in [1.29, 1.82) is 0 Å². The first-order valence-corrected chi connectivity index (χ1v) is 14.0. The van der Waals surface area contributed by atoms with Crippen molar-refractivity contribution in [1.82, 2.24) is 20.1 Å². The Bertz CT molecular complexity index is 1160. The maximum atomic E-state index is 6.64. The van der Waals surface area contributed by atoms with E-state index < -0.39 is 0 Å². The van der Waals surface area contributed by atoms with Gasteiger partial charge in [0.15, 0.2) is 0 Å². The molecule has 1 saturated heterocycles. The van der Waals surface area contributed by atoms with Gasteiger partial charge in [-0.3, -0.25) is 4.68 Å². The molecule has 0 unspecified atom stereocenters. The fourth-order valence-electron chi connectivity index (χ4n) is 5.73. The van der Waals surface area contributed by atoms with Gasteiger partial charge < -0.3 is 29.2 Å². The van der Waals surface area contributed by atoms with Crippen LogP contribution in [0.15, 0.2) is 55.1 Å². The van der Waals surface area contributed by atoms with E-state index in [-0.39, 0.29) is 18.1 Å². The summed E-state index contributed by atoms with van der Waals surface area (Å²) in [5.74, 6) is 2.09. The molecule has 39 heavy (non-hydrogen) atoms. The summed E-state index contributed by atoms with van der Waals surface area (Å²) in [4.78, 5) is 6.51. The zero-order valence-electron chi connectivity index (χ0n) is 23.3. The molecule has 4 atom stereocenters. The van der Waals surface area contributed by atoms with E-state index in [4.69, 9.17) is 18.9 Å². The van der Waals surface area contributed by atoms with Gasteiger partial charge in [-0.05, 0) is 61.6 Å². The molecule has 5 rings (SSSR count). The highest BCUT2D eigenvalue weighted by Gasteiger charge is 2.33. The van der Waals surface area contributed by atoms with Gasteiger partial charge in [0, 0.05) is 38.8 Å². The van der Waals surface area contributed by atoms with Crippen LogP contribution in [0.4, 0.5) is 5.69 Å². The fraction of sp³-hybridized carbons (Fsp3) is 0.533. The van der Waals surface area contributed by atoms with Gasteiger partial charge in [-0.25, -0.2) is 4.98 Å². The first-order valence-electron chi connectivity index (χ1n) is 14.0. The molecule has 3 heterocycles. The van der Waals surface area contributed by atoms with Crippen molar-refractivity contribution in [3.8, 4) is 11.5 Å². The van der Waals surface area contributed by atoms with Crippen LogP contribution in [0.5, 0.6) is 11.5 Å². The smallest absolute Gasteiger partial charge is 0.142 e. The number of rotatable bonds is 12. The summed E-state index contributed by atoms with van der Waals surface area (Å²) in [6.07, 6.45) is 6.41. The number of hydrogen-bond acceptors (Lipinski definition) is 8. The van der Waals surface area contributed by atoms with Crippen LogP contribution in [0.25, 0.3) is 0 Å². The summed E-state index contributed by atoms with van der Waals surface area (Å²) in [6.45, 7) is 6.86. The molecule has 0 radical (unpaired) electrons. The largest absolute Gasteiger partial charge is 0.497 e. The van der Waals surface area contributed by atoms with Crippen molar-refractivity contribution in [3.05, 3.63) is 66.2 Å². The third kappa shape index (κ3) is 6.90. The van der Waals surface area contributed by atoms with Gasteiger partial charge in [0.2, 0.25) is 0 Å². The second-order valence-electron chi connectivity index (χ2n) is 10.5. The van der Waals surface area contributed by atoms with Crippen molar-refractivity contribution >= 4 is 5.69 Å². The molecule has 210 valence electrons. The first-order chi connectivity index (χ1) is 19.1. The number of aromatic nitrogens is 3. The molecule has 0 aliphatic carbocycles. The van der Waals surface area contributed by atoms with Crippen LogP contribution in [-0.4, -0.2) is 74.0 Å². The number of nitrogens with one attached hydrogen (secondary N) is 1. The molecule has 1 N–H and O–H groups in total. The Morgan fingerprint density at radius 3 is 2.79 bits per heavy atom. The zero-order chi connectivity index (χ0) is 27.0. The van der Waals surface area contributed by atoms with Crippen LogP contribution in [0.1, 0.15) is 49.3 Å². The van der Waals surface area contributed by atoms with E-state index in [0.717, 1.165) is 68.3 Å². The highest BCUT2D eigenvalue weighted by molar-refractivity contribution is 5.61. The number of fused-ring (bicyclic) bond motifs is 1. The van der Waals surface area contributed by atoms with Gasteiger partial charge in [-0.15, -0.1) is 0 Å². The molecule has 0 spiro atoms. The summed E-state index contributed by atoms with van der Waals surface area (Å²) in [5.41, 5.74) is 3.59. The van der Waals surface area contributed by atoms with Crippen molar-refractivity contribution < 1.29 is 18.9 Å². The molecule has 9 nitrogen and oxygen atoms in total. The summed E-state index contributed by atoms with van der Waals surface area (Å²) < 4.78 is 25.2. The van der Waals surface area contributed by atoms with Gasteiger partial charge in [0.25, 0.3) is 0 Å². The van der Waals surface area contributed by atoms with Crippen LogP contribution >= 0.6 is 0 Å². The first kappa shape index (κ1) is 27.4. The summed E-state index contributed by atoms with van der Waals surface area (Å²) in [7, 11) is 3.46. The maximum absolute atomic E-state index is 6.64. The summed E-state index contributed by atoms with van der Waals surface area (Å²) in [5, 5.41) is 8.09. The molecule has 0 saturated carbocycles. The normalized spacial score (nSPS) is 21.7. The number of nitrogens with zero attached hydrogens (tertiary/aromatic N) is 4. The second-order valence-corrected chi connectivity index (χ2v) is 10.5. The van der Waals surface area contributed by atoms with Crippen molar-refractivity contribution in [2.75, 3.05) is 52.0 Å². The summed E-state index contributed by atoms with van der Waals surface area (Å²) in [6, 6.07) is 15.5. The number of anilines is 1. The van der Waals surface area contributed by atoms with E-state index in [1.165, 1.54) is 5.56 Å². The highest BCUT2D eigenvalue weighted by Crippen LogP contribution is 2.36. The Morgan fingerprint density at radius 1 is 1.15 bits per heavy atom. The Kier molecular flexibility index (Phi) is 9.34. The number of ether oxygens (including phenoxy) is 4. The predicted octanol–water partition coefficient (Wildman–Crippen LogP) is 4.20. The number of benzene rings is 2. The van der Waals surface area contributed by atoms with E-state index in [0.29, 0.717) is 19.3 Å². The molecule has 2 aliphatic heterocycles. The standard InChI is InChI=1S/C30H41N5O4/c1-22(35-21-31-20-33-35)15-25-17-27(24-6-8-26(37-3)9-7-24)30(18-32-25)39-19-23-5-10-29-28(16-23)34(12-14-38-29)11-4-13-36-2/h5-10,16,20-22,25,27,30,32H,4,11-15,17-19H2,1-3H3/t22-,25+,27-,30+/m1/s1. The van der Waals surface area contributed by atoms with Crippen LogP contribution in [-0.2, 0) is 16.1 Å². The van der Waals surface area contributed by atoms with Gasteiger partial charge in [0.1, 0.15) is 30.8 Å². The van der Waals surface area contributed by atoms with Crippen LogP contribution < -0.4 is 19.7 Å². The van der Waals surface area contributed by atoms with Crippen molar-refractivity contribution in [2.45, 2.75) is 56.9 Å². The average molecular weight is 536 g/mol. The number of piperidine rings is 1. The Labute approximate surface area is 231 Å². The number of methoxy groups -OCH3 is 2. The molecule has 3 aromatic rings. The van der Waals surface area contributed by atoms with E-state index in [2.05, 4.69) is 57.6 Å². The quantitative estimate of drug-likeness (QED) is 0.346. The topological polar surface area (TPSA) is 82.9 Å². The molecule has 1 fully saturated rings. The molecular formula is C30H41N5O4. The van der Waals surface area contributed by atoms with Crippen molar-refractivity contribution in [2.24, 2.45) is 0 Å². The van der Waals surface area contributed by atoms with Gasteiger partial charge in [0.05, 0.1) is 38.1 Å². The molecule has 0 amide bonds. The third-order valence-corrected chi connectivity index (χ3v) is 7.88. The van der Waals surface area contributed by atoms with E-state index >= 15 is 0 Å². The minimum atomic E-state index is 0.0569. The molecule has 2 aliphatic rings. The second kappa shape index (κ2) is 13.3. The molecule has 9 heteroatoms. The third-order valence-electron chi connectivity index (χ3n) is 7.88. The molecule has 2 aromatic carbocycles. The van der Waals surface area contributed by atoms with E-state index in [9.17, 15) is 0 Å². The lowest BCUT2D eigenvalue weighted by Crippen LogP contribution is -2.47. The Hall–Kier alpha value is -3.14. The molecular weight excluding hydrogens is 494 g/mol. The lowest BCUT2D eigenvalue weighted by Gasteiger charge is -2.38. The van der Waals surface area contributed by atoms with Gasteiger partial charge in [-0.2, -0.15) is 5.10 Å².